The number of aliphatic carboxylic acids is 3. The number of nitrogens with zero attached hydrogens (tertiary/aromatic N) is 1. The molecule has 0 aromatic rings. The van der Waals surface area contributed by atoms with Gasteiger partial charge in [-0.15, -0.1) is 0 Å². The van der Waals surface area contributed by atoms with Crippen molar-refractivity contribution in [3.8, 4) is 0 Å². The lowest BCUT2D eigenvalue weighted by Gasteiger charge is -2.41. The summed E-state index contributed by atoms with van der Waals surface area (Å²) in [6, 6.07) is -7.11. The first kappa shape index (κ1) is 34.7. The van der Waals surface area contributed by atoms with Crippen molar-refractivity contribution in [3.05, 3.63) is 0 Å². The first-order chi connectivity index (χ1) is 17.3. The van der Waals surface area contributed by atoms with Crippen molar-refractivity contribution in [2.24, 2.45) is 28.9 Å². The minimum absolute atomic E-state index is 0.109. The van der Waals surface area contributed by atoms with Crippen LogP contribution >= 0.6 is 0 Å². The average Bonchev–Trinajstić information content (AvgIpc) is 2.82. The van der Waals surface area contributed by atoms with Gasteiger partial charge in [0.1, 0.15) is 6.04 Å². The summed E-state index contributed by atoms with van der Waals surface area (Å²) in [4.78, 5) is 88.0. The Morgan fingerprint density at radius 1 is 0.737 bits per heavy atom. The molecule has 0 bridgehead atoms. The second-order valence-electron chi connectivity index (χ2n) is 9.30. The smallest absolute Gasteiger partial charge is 0.338 e. The lowest BCUT2D eigenvalue weighted by Crippen LogP contribution is -2.72. The number of aliphatic hydroxyl groups is 1. The Hall–Kier alpha value is -3.31. The maximum atomic E-state index is 13.6. The van der Waals surface area contributed by atoms with Gasteiger partial charge in [-0.1, -0.05) is 13.8 Å². The van der Waals surface area contributed by atoms with Crippen LogP contribution in [-0.2, 0) is 33.6 Å². The molecule has 0 rings (SSSR count). The molecule has 0 aliphatic rings. The molecule has 38 heavy (non-hydrogen) atoms. The van der Waals surface area contributed by atoms with Crippen molar-refractivity contribution in [1.29, 1.82) is 0 Å². The summed E-state index contributed by atoms with van der Waals surface area (Å²) in [5, 5.41) is 38.0. The number of carboxylic acid groups (broad SMARTS) is 3. The monoisotopic (exact) mass is 547 g/mol. The molecule has 16 nitrogen and oxygen atoms in total. The zero-order valence-corrected chi connectivity index (χ0v) is 21.4. The van der Waals surface area contributed by atoms with Crippen LogP contribution in [0.5, 0.6) is 0 Å². The van der Waals surface area contributed by atoms with Crippen LogP contribution in [-0.4, -0.2) is 102 Å². The third-order valence-corrected chi connectivity index (χ3v) is 5.91. The van der Waals surface area contributed by atoms with Gasteiger partial charge in [-0.3, -0.25) is 33.7 Å². The van der Waals surface area contributed by atoms with Crippen molar-refractivity contribution in [1.82, 2.24) is 4.90 Å². The van der Waals surface area contributed by atoms with Gasteiger partial charge in [-0.25, -0.2) is 4.79 Å². The highest BCUT2D eigenvalue weighted by molar-refractivity contribution is 6.20. The lowest BCUT2D eigenvalue weighted by molar-refractivity contribution is -0.174. The highest BCUT2D eigenvalue weighted by Gasteiger charge is 2.59. The molecule has 6 atom stereocenters. The van der Waals surface area contributed by atoms with Gasteiger partial charge in [-0.05, 0) is 25.7 Å². The zero-order chi connectivity index (χ0) is 30.1. The first-order valence-corrected chi connectivity index (χ1v) is 11.6. The van der Waals surface area contributed by atoms with E-state index in [-0.39, 0.29) is 4.90 Å². The number of carbonyl (C=O) groups excluding carboxylic acids is 4. The fourth-order valence-corrected chi connectivity index (χ4v) is 3.37. The number of amides is 2. The minimum Gasteiger partial charge on any atom is -0.481 e. The number of nitrogens with two attached hydrogens (primary N) is 4. The molecular weight excluding hydrogens is 510 g/mol. The topological polar surface area (TPSA) is 308 Å². The Kier molecular flexibility index (Phi) is 13.3. The molecule has 0 aromatic heterocycles. The minimum atomic E-state index is -3.40. The van der Waals surface area contributed by atoms with Crippen LogP contribution in [0.3, 0.4) is 0 Å². The molecule has 6 unspecified atom stereocenters. The van der Waals surface area contributed by atoms with Crippen LogP contribution in [0, 0.1) is 5.92 Å². The van der Waals surface area contributed by atoms with Gasteiger partial charge in [-0.2, -0.15) is 0 Å². The number of hydrogen-bond acceptors (Lipinski definition) is 12. The highest BCUT2D eigenvalue weighted by atomic mass is 16.4. The van der Waals surface area contributed by atoms with Gasteiger partial charge < -0.3 is 43.4 Å². The second-order valence-corrected chi connectivity index (χ2v) is 9.30. The average molecular weight is 548 g/mol. The van der Waals surface area contributed by atoms with Gasteiger partial charge >= 0.3 is 17.9 Å². The maximum Gasteiger partial charge on any atom is 0.338 e. The Morgan fingerprint density at radius 3 is 1.53 bits per heavy atom. The Balaban J connectivity index is 7.23. The largest absolute Gasteiger partial charge is 0.481 e. The molecule has 0 saturated heterocycles. The van der Waals surface area contributed by atoms with E-state index in [4.69, 9.17) is 33.1 Å². The number of hydrogen-bond donors (Lipinski definition) is 8. The van der Waals surface area contributed by atoms with E-state index in [0.29, 0.717) is 0 Å². The first-order valence-electron chi connectivity index (χ1n) is 11.6. The summed E-state index contributed by atoms with van der Waals surface area (Å²) in [6.07, 6.45) is -5.55. The molecule has 12 N–H and O–H groups in total. The summed E-state index contributed by atoms with van der Waals surface area (Å²) in [7, 11) is 0. The summed E-state index contributed by atoms with van der Waals surface area (Å²) < 4.78 is 0. The van der Waals surface area contributed by atoms with E-state index in [1.807, 2.05) is 0 Å². The molecule has 0 radical (unpaired) electrons. The number of ketones is 2. The lowest BCUT2D eigenvalue weighted by atomic mass is 9.79. The van der Waals surface area contributed by atoms with E-state index in [1.165, 1.54) is 13.8 Å². The van der Waals surface area contributed by atoms with Gasteiger partial charge in [0.25, 0.3) is 0 Å². The van der Waals surface area contributed by atoms with Crippen LogP contribution in [0.1, 0.15) is 52.9 Å². The SMILES string of the molecule is CC(C)C(N)C(=O)N(C(=O)C(N)C(C)O)C(CC(=O)C(N)CCC(=O)O)(C(=O)O)C(=O)C(N)CCC(=O)O. The van der Waals surface area contributed by atoms with Crippen LogP contribution in [0.4, 0.5) is 0 Å². The molecule has 0 spiro atoms. The van der Waals surface area contributed by atoms with E-state index >= 15 is 0 Å². The fraction of sp³-hybridized carbons (Fsp3) is 0.682. The van der Waals surface area contributed by atoms with E-state index in [0.717, 1.165) is 6.92 Å². The fourth-order valence-electron chi connectivity index (χ4n) is 3.37. The predicted octanol–water partition coefficient (Wildman–Crippen LogP) is -3.23. The number of Topliss-reactive ketones (excluding diaryl/α,β-unsaturated/α-hetero) is 2. The van der Waals surface area contributed by atoms with Gasteiger partial charge in [0, 0.05) is 19.3 Å². The van der Waals surface area contributed by atoms with E-state index in [2.05, 4.69) is 0 Å². The van der Waals surface area contributed by atoms with E-state index < -0.39 is 115 Å². The van der Waals surface area contributed by atoms with Gasteiger partial charge in [0.15, 0.2) is 11.6 Å². The summed E-state index contributed by atoms with van der Waals surface area (Å²) in [6.45, 7) is 3.93. The number of carbonyl (C=O) groups is 7. The Morgan fingerprint density at radius 2 is 1.16 bits per heavy atom. The molecular formula is C22H37N5O11. The molecule has 0 heterocycles. The zero-order valence-electron chi connectivity index (χ0n) is 21.4. The van der Waals surface area contributed by atoms with Crippen LogP contribution < -0.4 is 22.9 Å². The summed E-state index contributed by atoms with van der Waals surface area (Å²) in [5.41, 5.74) is 19.7. The van der Waals surface area contributed by atoms with E-state index in [1.54, 1.807) is 0 Å². The number of carboxylic acids is 3. The van der Waals surface area contributed by atoms with E-state index in [9.17, 15) is 43.8 Å². The van der Waals surface area contributed by atoms with Gasteiger partial charge in [0.05, 0.1) is 24.2 Å². The maximum absolute atomic E-state index is 13.6. The van der Waals surface area contributed by atoms with Crippen LogP contribution in [0.2, 0.25) is 0 Å². The van der Waals surface area contributed by atoms with Crippen LogP contribution in [0.15, 0.2) is 0 Å². The van der Waals surface area contributed by atoms with Crippen molar-refractivity contribution < 1.29 is 54.0 Å². The standard InChI is InChI=1S/C22H37N5O11/c1-9(2)16(25)19(35)27(20(36)17(26)10(3)28)22(21(37)38,18(34)12(24)5-7-15(32)33)8-13(29)11(23)4-6-14(30)31/h9-12,16-17,28H,4-8,23-26H2,1-3H3,(H,30,31)(H,32,33)(H,37,38). The molecule has 16 heteroatoms. The molecule has 216 valence electrons. The predicted molar refractivity (Wildman–Crippen MR) is 129 cm³/mol. The molecule has 0 aromatic carbocycles. The quantitative estimate of drug-likeness (QED) is 0.0830. The number of imide groups is 1. The number of aliphatic hydroxyl groups excluding tert-OH is 1. The highest BCUT2D eigenvalue weighted by Crippen LogP contribution is 2.29. The Labute approximate surface area is 218 Å². The molecule has 0 aliphatic carbocycles. The summed E-state index contributed by atoms with van der Waals surface area (Å²) in [5.74, 6) is -11.5. The second kappa shape index (κ2) is 14.6. The van der Waals surface area contributed by atoms with Crippen molar-refractivity contribution in [2.75, 3.05) is 0 Å². The van der Waals surface area contributed by atoms with Crippen molar-refractivity contribution in [3.63, 3.8) is 0 Å². The normalized spacial score (nSPS) is 16.9. The third-order valence-electron chi connectivity index (χ3n) is 5.91. The van der Waals surface area contributed by atoms with Gasteiger partial charge in [0.2, 0.25) is 17.4 Å². The third kappa shape index (κ3) is 8.63. The number of rotatable bonds is 17. The molecule has 2 amide bonds. The van der Waals surface area contributed by atoms with Crippen molar-refractivity contribution >= 4 is 41.3 Å². The molecule has 0 fully saturated rings. The Bertz CT molecular complexity index is 913. The van der Waals surface area contributed by atoms with Crippen molar-refractivity contribution in [2.45, 2.75) is 88.7 Å². The van der Waals surface area contributed by atoms with Crippen LogP contribution in [0.25, 0.3) is 0 Å². The summed E-state index contributed by atoms with van der Waals surface area (Å²) >= 11 is 0. The molecule has 0 aliphatic heterocycles. The molecule has 0 saturated carbocycles.